The molecule has 0 radical (unpaired) electrons. The third-order valence-corrected chi connectivity index (χ3v) is 2.61. The van der Waals surface area contributed by atoms with E-state index in [0.29, 0.717) is 0 Å². The topological polar surface area (TPSA) is 3.24 Å². The molecule has 0 aromatic carbocycles. The van der Waals surface area contributed by atoms with E-state index in [0.717, 1.165) is 6.42 Å². The number of rotatable bonds is 1. The Morgan fingerprint density at radius 2 is 1.82 bits per heavy atom. The minimum atomic E-state index is 1.14. The van der Waals surface area contributed by atoms with Crippen LogP contribution in [-0.2, 0) is 0 Å². The van der Waals surface area contributed by atoms with Gasteiger partial charge in [-0.25, -0.2) is 0 Å². The van der Waals surface area contributed by atoms with Crippen LogP contribution in [0.1, 0.15) is 20.3 Å². The van der Waals surface area contributed by atoms with Gasteiger partial charge < -0.3 is 0 Å². The minimum absolute atomic E-state index is 1.14. The molecule has 1 aliphatic carbocycles. The average Bonchev–Trinajstić information content (AvgIpc) is 2.17. The Bertz CT molecular complexity index is 236. The summed E-state index contributed by atoms with van der Waals surface area (Å²) in [7, 11) is 4.23. The molecular weight excluding hydrogens is 129 g/mol. The Morgan fingerprint density at radius 1 is 1.27 bits per heavy atom. The molecule has 1 rings (SSSR count). The first-order valence-electron chi connectivity index (χ1n) is 4.08. The second-order valence-corrected chi connectivity index (χ2v) is 3.55. The first-order chi connectivity index (χ1) is 5.04. The molecule has 1 nitrogen and oxygen atoms in total. The van der Waals surface area contributed by atoms with Crippen LogP contribution in [0.3, 0.4) is 0 Å². The van der Waals surface area contributed by atoms with Gasteiger partial charge in [-0.15, -0.1) is 0 Å². The molecule has 11 heavy (non-hydrogen) atoms. The Balaban J connectivity index is 2.93. The Labute approximate surface area is 78.4 Å². The van der Waals surface area contributed by atoms with E-state index in [1.807, 2.05) is 0 Å². The maximum absolute atomic E-state index is 2.22. The molecule has 0 heterocycles. The fraction of sp³-hybridized carbons (Fsp3) is 0.556. The second kappa shape index (κ2) is 3.09. The number of nitrogens with zero attached hydrogens (tertiary/aromatic N) is 1. The van der Waals surface area contributed by atoms with Gasteiger partial charge in [0.15, 0.2) is 0 Å². The fourth-order valence-electron chi connectivity index (χ4n) is 1.55. The monoisotopic (exact) mass is 143 g/mol. The van der Waals surface area contributed by atoms with Crippen LogP contribution in [0.15, 0.2) is 21.1 Å². The summed E-state index contributed by atoms with van der Waals surface area (Å²) in [6, 6.07) is 0. The van der Waals surface area contributed by atoms with Gasteiger partial charge in [0.1, 0.15) is 0 Å². The van der Waals surface area contributed by atoms with Crippen molar-refractivity contribution in [3.8, 4) is 0 Å². The molecule has 0 fully saturated rings. The summed E-state index contributed by atoms with van der Waals surface area (Å²) in [5, 5.41) is 0. The molecule has 0 aromatic heterocycles. The summed E-state index contributed by atoms with van der Waals surface area (Å²) >= 11 is 2.21. The molecule has 0 atom stereocenters. The van der Waals surface area contributed by atoms with Crippen molar-refractivity contribution in [2.75, 3.05) is 14.1 Å². The second-order valence-electron chi connectivity index (χ2n) is 3.55. The molecule has 0 amide bonds. The van der Waals surface area contributed by atoms with Crippen LogP contribution in [0, 0.1) is 0 Å². The molecule has 2 heteroatoms. The first kappa shape index (κ1) is 8.97. The average molecular weight is 143 g/mol. The SMILES string of the molecule is [Li][C]1=C(N(C)C)CC(C)=C1C. The van der Waals surface area contributed by atoms with Gasteiger partial charge in [0, 0.05) is 0 Å². The summed E-state index contributed by atoms with van der Waals surface area (Å²) in [5.74, 6) is 0. The van der Waals surface area contributed by atoms with Crippen molar-refractivity contribution in [3.05, 3.63) is 21.1 Å². The molecule has 0 aromatic rings. The third-order valence-electron chi connectivity index (χ3n) is 2.61. The summed E-state index contributed by atoms with van der Waals surface area (Å²) in [6.07, 6.45) is 1.14. The van der Waals surface area contributed by atoms with Crippen molar-refractivity contribution in [1.82, 2.24) is 4.90 Å². The summed E-state index contributed by atoms with van der Waals surface area (Å²) < 4.78 is 1.47. The van der Waals surface area contributed by atoms with Crippen molar-refractivity contribution in [1.29, 1.82) is 0 Å². The van der Waals surface area contributed by atoms with E-state index in [1.165, 1.54) is 21.1 Å². The molecule has 0 saturated carbocycles. The zero-order valence-corrected chi connectivity index (χ0v) is 8.15. The van der Waals surface area contributed by atoms with E-state index in [9.17, 15) is 0 Å². The van der Waals surface area contributed by atoms with Crippen LogP contribution in [0.4, 0.5) is 0 Å². The van der Waals surface area contributed by atoms with Crippen LogP contribution >= 0.6 is 0 Å². The summed E-state index contributed by atoms with van der Waals surface area (Å²) in [5.41, 5.74) is 4.47. The predicted octanol–water partition coefficient (Wildman–Crippen LogP) is 1.67. The van der Waals surface area contributed by atoms with Crippen LogP contribution in [0.5, 0.6) is 0 Å². The maximum atomic E-state index is 2.22. The first-order valence-corrected chi connectivity index (χ1v) is 4.08. The van der Waals surface area contributed by atoms with Gasteiger partial charge in [-0.3, -0.25) is 0 Å². The fourth-order valence-corrected chi connectivity index (χ4v) is 1.55. The van der Waals surface area contributed by atoms with Gasteiger partial charge in [-0.05, 0) is 0 Å². The van der Waals surface area contributed by atoms with Crippen molar-refractivity contribution in [2.24, 2.45) is 0 Å². The van der Waals surface area contributed by atoms with Gasteiger partial charge in [0.2, 0.25) is 0 Å². The number of hydrogen-bond acceptors (Lipinski definition) is 1. The van der Waals surface area contributed by atoms with Gasteiger partial charge in [-0.1, -0.05) is 0 Å². The van der Waals surface area contributed by atoms with Crippen LogP contribution in [0.25, 0.3) is 0 Å². The Morgan fingerprint density at radius 3 is 2.00 bits per heavy atom. The van der Waals surface area contributed by atoms with Crippen molar-refractivity contribution in [2.45, 2.75) is 20.3 Å². The van der Waals surface area contributed by atoms with Gasteiger partial charge in [0.25, 0.3) is 0 Å². The van der Waals surface area contributed by atoms with E-state index >= 15 is 0 Å². The van der Waals surface area contributed by atoms with Crippen molar-refractivity contribution in [3.63, 3.8) is 0 Å². The van der Waals surface area contributed by atoms with Crippen molar-refractivity contribution >= 4 is 17.7 Å². The molecule has 0 saturated heterocycles. The Kier molecular flexibility index (Phi) is 2.52. The van der Waals surface area contributed by atoms with E-state index in [2.05, 4.69) is 50.6 Å². The predicted molar refractivity (Wildman–Crippen MR) is 49.5 cm³/mol. The standard InChI is InChI=1S/C9H14N.Li/c1-7-5-9(10(3)4)6-8(7)2;/h5H2,1-4H3;. The summed E-state index contributed by atoms with van der Waals surface area (Å²) in [6.45, 7) is 4.43. The summed E-state index contributed by atoms with van der Waals surface area (Å²) in [4.78, 5) is 2.22. The van der Waals surface area contributed by atoms with Crippen LogP contribution in [0.2, 0.25) is 0 Å². The van der Waals surface area contributed by atoms with Crippen LogP contribution in [-0.4, -0.2) is 36.7 Å². The zero-order valence-electron chi connectivity index (χ0n) is 8.15. The van der Waals surface area contributed by atoms with Crippen LogP contribution < -0.4 is 0 Å². The third kappa shape index (κ3) is 1.55. The molecule has 1 aliphatic rings. The quantitative estimate of drug-likeness (QED) is 0.505. The van der Waals surface area contributed by atoms with Crippen molar-refractivity contribution < 1.29 is 0 Å². The number of allylic oxidation sites excluding steroid dienone is 3. The molecule has 0 spiro atoms. The van der Waals surface area contributed by atoms with Gasteiger partial charge >= 0.3 is 78.1 Å². The molecule has 0 N–H and O–H groups in total. The molecule has 56 valence electrons. The molecule has 0 bridgehead atoms. The molecule has 0 aliphatic heterocycles. The normalized spacial score (nSPS) is 18.4. The van der Waals surface area contributed by atoms with E-state index in [-0.39, 0.29) is 0 Å². The van der Waals surface area contributed by atoms with E-state index in [1.54, 1.807) is 0 Å². The van der Waals surface area contributed by atoms with Gasteiger partial charge in [0.05, 0.1) is 0 Å². The van der Waals surface area contributed by atoms with Gasteiger partial charge in [-0.2, -0.15) is 0 Å². The van der Waals surface area contributed by atoms with E-state index in [4.69, 9.17) is 0 Å². The Hall–Kier alpha value is -0.123. The number of hydrogen-bond donors (Lipinski definition) is 0. The molecular formula is C9H14LiN. The van der Waals surface area contributed by atoms with E-state index < -0.39 is 0 Å². The molecule has 0 unspecified atom stereocenters. The zero-order chi connectivity index (χ0) is 8.59.